The van der Waals surface area contributed by atoms with E-state index in [4.69, 9.17) is 4.74 Å². The third kappa shape index (κ3) is 6.88. The van der Waals surface area contributed by atoms with E-state index in [1.165, 1.54) is 6.21 Å². The van der Waals surface area contributed by atoms with Crippen LogP contribution >= 0.6 is 15.9 Å². The van der Waals surface area contributed by atoms with Crippen molar-refractivity contribution in [1.29, 1.82) is 0 Å². The number of aryl methyl sites for hydroxylation is 1. The summed E-state index contributed by atoms with van der Waals surface area (Å²) in [6.07, 6.45) is 1.44. The van der Waals surface area contributed by atoms with Crippen LogP contribution in [0, 0.1) is 6.92 Å². The Morgan fingerprint density at radius 2 is 1.69 bits per heavy atom. The molecule has 3 rings (SSSR count). The van der Waals surface area contributed by atoms with Gasteiger partial charge in [0.25, 0.3) is 11.8 Å². The van der Waals surface area contributed by atoms with Crippen molar-refractivity contribution in [3.05, 3.63) is 99.5 Å². The molecule has 0 fully saturated rings. The van der Waals surface area contributed by atoms with Gasteiger partial charge in [-0.2, -0.15) is 5.10 Å². The molecule has 0 saturated carbocycles. The van der Waals surface area contributed by atoms with E-state index < -0.39 is 11.9 Å². The lowest BCUT2D eigenvalue weighted by Crippen LogP contribution is -2.34. The highest BCUT2D eigenvalue weighted by molar-refractivity contribution is 9.10. The summed E-state index contributed by atoms with van der Waals surface area (Å²) in [5.41, 5.74) is 4.93. The van der Waals surface area contributed by atoms with Gasteiger partial charge in [-0.15, -0.1) is 0 Å². The summed E-state index contributed by atoms with van der Waals surface area (Å²) in [5.74, 6) is -0.866. The molecule has 0 unspecified atom stereocenters. The van der Waals surface area contributed by atoms with Gasteiger partial charge in [-0.1, -0.05) is 39.7 Å². The number of ether oxygens (including phenoxy) is 1. The van der Waals surface area contributed by atoms with Gasteiger partial charge in [0.1, 0.15) is 5.75 Å². The van der Waals surface area contributed by atoms with E-state index in [0.29, 0.717) is 22.4 Å². The highest BCUT2D eigenvalue weighted by Crippen LogP contribution is 2.14. The van der Waals surface area contributed by atoms with Gasteiger partial charge in [-0.3, -0.25) is 9.59 Å². The number of carbonyl (C=O) groups excluding carboxylic acids is 3. The number of amides is 2. The van der Waals surface area contributed by atoms with E-state index in [1.54, 1.807) is 66.7 Å². The molecule has 0 spiro atoms. The summed E-state index contributed by atoms with van der Waals surface area (Å²) in [7, 11) is 0. The molecule has 2 amide bonds. The number of nitrogens with zero attached hydrogens (tertiary/aromatic N) is 1. The van der Waals surface area contributed by atoms with Crippen LogP contribution in [-0.4, -0.2) is 30.5 Å². The number of benzene rings is 3. The molecule has 0 aliphatic rings. The Morgan fingerprint density at radius 1 is 0.969 bits per heavy atom. The lowest BCUT2D eigenvalue weighted by Gasteiger charge is -2.05. The normalized spacial score (nSPS) is 10.6. The maximum absolute atomic E-state index is 12.2. The molecule has 0 heterocycles. The van der Waals surface area contributed by atoms with Crippen LogP contribution in [0.25, 0.3) is 0 Å². The predicted octanol–water partition coefficient (Wildman–Crippen LogP) is 3.86. The summed E-state index contributed by atoms with van der Waals surface area (Å²) in [5, 5.41) is 6.39. The maximum atomic E-state index is 12.2. The number of hydrogen-bond donors (Lipinski definition) is 2. The first-order chi connectivity index (χ1) is 15.4. The molecule has 162 valence electrons. The van der Waals surface area contributed by atoms with Gasteiger partial charge in [-0.05, 0) is 67.1 Å². The summed E-state index contributed by atoms with van der Waals surface area (Å²) < 4.78 is 6.13. The standard InChI is InChI=1S/C24H20BrN3O4/c1-16-4-2-6-19(12-16)24(31)32-21-10-8-17(9-11-21)14-27-28-22(29)15-26-23(30)18-5-3-7-20(25)13-18/h2-14H,15H2,1H3,(H,26,30)(H,28,29)/b27-14-. The number of esters is 1. The first-order valence-electron chi connectivity index (χ1n) is 9.65. The van der Waals surface area contributed by atoms with Crippen LogP contribution in [0.1, 0.15) is 31.8 Å². The number of carbonyl (C=O) groups is 3. The van der Waals surface area contributed by atoms with Crippen LogP contribution in [0.3, 0.4) is 0 Å². The Bertz CT molecular complexity index is 1160. The van der Waals surface area contributed by atoms with Crippen molar-refractivity contribution < 1.29 is 19.1 Å². The molecule has 0 saturated heterocycles. The van der Waals surface area contributed by atoms with Gasteiger partial charge < -0.3 is 10.1 Å². The second-order valence-electron chi connectivity index (χ2n) is 6.81. The second kappa shape index (κ2) is 11.0. The zero-order chi connectivity index (χ0) is 22.9. The van der Waals surface area contributed by atoms with Crippen molar-refractivity contribution in [2.75, 3.05) is 6.54 Å². The minimum Gasteiger partial charge on any atom is -0.423 e. The third-order valence-electron chi connectivity index (χ3n) is 4.24. The largest absolute Gasteiger partial charge is 0.423 e. The molecule has 0 atom stereocenters. The number of rotatable bonds is 7. The fraction of sp³-hybridized carbons (Fsp3) is 0.0833. The zero-order valence-corrected chi connectivity index (χ0v) is 18.8. The molecule has 0 aromatic heterocycles. The molecule has 7 nitrogen and oxygen atoms in total. The topological polar surface area (TPSA) is 96.9 Å². The van der Waals surface area contributed by atoms with E-state index in [9.17, 15) is 14.4 Å². The van der Waals surface area contributed by atoms with Gasteiger partial charge in [0.15, 0.2) is 0 Å². The van der Waals surface area contributed by atoms with Crippen LogP contribution in [-0.2, 0) is 4.79 Å². The van der Waals surface area contributed by atoms with Crippen molar-refractivity contribution >= 4 is 39.9 Å². The van der Waals surface area contributed by atoms with Crippen LogP contribution in [0.2, 0.25) is 0 Å². The summed E-state index contributed by atoms with van der Waals surface area (Å²) in [6, 6.07) is 20.7. The van der Waals surface area contributed by atoms with Gasteiger partial charge in [0.2, 0.25) is 0 Å². The molecule has 0 aliphatic carbocycles. The summed E-state index contributed by atoms with van der Waals surface area (Å²) in [4.78, 5) is 36.1. The van der Waals surface area contributed by atoms with Gasteiger partial charge >= 0.3 is 5.97 Å². The van der Waals surface area contributed by atoms with Crippen LogP contribution in [0.15, 0.2) is 82.4 Å². The van der Waals surface area contributed by atoms with Gasteiger partial charge in [-0.25, -0.2) is 10.2 Å². The third-order valence-corrected chi connectivity index (χ3v) is 4.74. The first-order valence-corrected chi connectivity index (χ1v) is 10.4. The Balaban J connectivity index is 1.45. The van der Waals surface area contributed by atoms with Gasteiger partial charge in [0, 0.05) is 10.0 Å². The van der Waals surface area contributed by atoms with Crippen LogP contribution in [0.4, 0.5) is 0 Å². The van der Waals surface area contributed by atoms with E-state index in [2.05, 4.69) is 31.8 Å². The smallest absolute Gasteiger partial charge is 0.343 e. The molecule has 32 heavy (non-hydrogen) atoms. The first kappa shape index (κ1) is 22.9. The van der Waals surface area contributed by atoms with Crippen molar-refractivity contribution in [1.82, 2.24) is 10.7 Å². The van der Waals surface area contributed by atoms with Crippen molar-refractivity contribution in [3.63, 3.8) is 0 Å². The lowest BCUT2D eigenvalue weighted by molar-refractivity contribution is -0.120. The minimum atomic E-state index is -0.465. The maximum Gasteiger partial charge on any atom is 0.343 e. The molecule has 0 aliphatic heterocycles. The van der Waals surface area contributed by atoms with E-state index in [1.807, 2.05) is 13.0 Å². The number of halogens is 1. The Labute approximate surface area is 193 Å². The molecule has 2 N–H and O–H groups in total. The number of hydrogen-bond acceptors (Lipinski definition) is 5. The Kier molecular flexibility index (Phi) is 7.88. The molecule has 3 aromatic rings. The van der Waals surface area contributed by atoms with Crippen LogP contribution in [0.5, 0.6) is 5.75 Å². The van der Waals surface area contributed by atoms with Crippen molar-refractivity contribution in [2.24, 2.45) is 5.10 Å². The fourth-order valence-corrected chi connectivity index (χ4v) is 3.07. The Hall–Kier alpha value is -3.78. The summed E-state index contributed by atoms with van der Waals surface area (Å²) in [6.45, 7) is 1.69. The molecule has 3 aromatic carbocycles. The van der Waals surface area contributed by atoms with E-state index in [0.717, 1.165) is 10.0 Å². The van der Waals surface area contributed by atoms with E-state index in [-0.39, 0.29) is 12.5 Å². The molecular weight excluding hydrogens is 474 g/mol. The van der Waals surface area contributed by atoms with Crippen molar-refractivity contribution in [3.8, 4) is 5.75 Å². The fourth-order valence-electron chi connectivity index (χ4n) is 2.67. The number of nitrogens with one attached hydrogen (secondary N) is 2. The average molecular weight is 494 g/mol. The van der Waals surface area contributed by atoms with Gasteiger partial charge in [0.05, 0.1) is 18.3 Å². The zero-order valence-electron chi connectivity index (χ0n) is 17.2. The Morgan fingerprint density at radius 3 is 2.41 bits per heavy atom. The van der Waals surface area contributed by atoms with Crippen molar-refractivity contribution in [2.45, 2.75) is 6.92 Å². The highest BCUT2D eigenvalue weighted by Gasteiger charge is 2.09. The average Bonchev–Trinajstić information content (AvgIpc) is 2.78. The van der Waals surface area contributed by atoms with E-state index >= 15 is 0 Å². The molecule has 0 radical (unpaired) electrons. The molecule has 0 bridgehead atoms. The minimum absolute atomic E-state index is 0.212. The SMILES string of the molecule is Cc1cccc(C(=O)Oc2ccc(/C=N\NC(=O)CNC(=O)c3cccc(Br)c3)cc2)c1. The summed E-state index contributed by atoms with van der Waals surface area (Å²) >= 11 is 3.29. The lowest BCUT2D eigenvalue weighted by atomic mass is 10.1. The van der Waals surface area contributed by atoms with Crippen LogP contribution < -0.4 is 15.5 Å². The molecule has 8 heteroatoms. The predicted molar refractivity (Wildman–Crippen MR) is 125 cm³/mol. The quantitative estimate of drug-likeness (QED) is 0.226. The molecular formula is C24H20BrN3O4. The number of hydrazone groups is 1. The highest BCUT2D eigenvalue weighted by atomic mass is 79.9. The monoisotopic (exact) mass is 493 g/mol. The second-order valence-corrected chi connectivity index (χ2v) is 7.73.